The molecule has 0 aliphatic heterocycles. The lowest BCUT2D eigenvalue weighted by molar-refractivity contribution is -0.141. The largest absolute Gasteiger partial charge is 0.469 e. The number of esters is 2. The fraction of sp³-hybridized carbons (Fsp3) is 0.833. The zero-order chi connectivity index (χ0) is 34.5. The smallest absolute Gasteiger partial charge is 0.310 e. The van der Waals surface area contributed by atoms with Gasteiger partial charge < -0.3 is 18.3 Å². The van der Waals surface area contributed by atoms with Crippen molar-refractivity contribution < 1.29 is 27.9 Å². The summed E-state index contributed by atoms with van der Waals surface area (Å²) in [5.74, 6) is 1.34. The van der Waals surface area contributed by atoms with Crippen LogP contribution in [0, 0.1) is 5.92 Å². The molecule has 1 aliphatic carbocycles. The van der Waals surface area contributed by atoms with E-state index in [0.29, 0.717) is 19.3 Å². The minimum atomic E-state index is -2.11. The summed E-state index contributed by atoms with van der Waals surface area (Å²) < 4.78 is 25.0. The van der Waals surface area contributed by atoms with Gasteiger partial charge in [-0.25, -0.2) is 0 Å². The van der Waals surface area contributed by atoms with Gasteiger partial charge in [0.1, 0.15) is 5.76 Å². The lowest BCUT2D eigenvalue weighted by atomic mass is 10.0. The molecule has 0 N–H and O–H groups in total. The number of hydrogen-bond acceptors (Lipinski definition) is 7. The highest BCUT2D eigenvalue weighted by Gasteiger charge is 2.45. The van der Waals surface area contributed by atoms with Crippen molar-refractivity contribution in [1.82, 2.24) is 0 Å². The summed E-state index contributed by atoms with van der Waals surface area (Å²) in [7, 11) is -2.66. The quantitative estimate of drug-likeness (QED) is 0.0547. The first-order valence-electron chi connectivity index (χ1n) is 17.5. The van der Waals surface area contributed by atoms with Crippen molar-refractivity contribution in [3.63, 3.8) is 0 Å². The highest BCUT2D eigenvalue weighted by molar-refractivity contribution is 8.03. The van der Waals surface area contributed by atoms with Crippen molar-refractivity contribution in [2.75, 3.05) is 12.9 Å². The van der Waals surface area contributed by atoms with Gasteiger partial charge in [-0.3, -0.25) is 9.59 Å². The monoisotopic (exact) mass is 684 g/mol. The van der Waals surface area contributed by atoms with Crippen LogP contribution < -0.4 is 0 Å². The van der Waals surface area contributed by atoms with E-state index in [1.807, 2.05) is 6.92 Å². The molecule has 0 unspecified atom stereocenters. The van der Waals surface area contributed by atoms with Gasteiger partial charge in [-0.05, 0) is 67.7 Å². The topological polar surface area (TPSA) is 71.1 Å². The van der Waals surface area contributed by atoms with Gasteiger partial charge in [0.15, 0.2) is 16.6 Å². The number of rotatable bonds is 20. The number of carbonyl (C=O) groups is 2. The van der Waals surface area contributed by atoms with Crippen LogP contribution in [0.4, 0.5) is 0 Å². The molecule has 0 saturated carbocycles. The Morgan fingerprint density at radius 3 is 2.07 bits per heavy atom. The molecule has 0 spiro atoms. The third kappa shape index (κ3) is 14.4. The summed E-state index contributed by atoms with van der Waals surface area (Å²) in [4.78, 5) is 25.5. The Hall–Kier alpha value is -0.876. The normalized spacial score (nSPS) is 19.0. The number of carbonyl (C=O) groups excluding carboxylic acids is 2. The fourth-order valence-corrected chi connectivity index (χ4v) is 8.65. The van der Waals surface area contributed by atoms with Crippen molar-refractivity contribution in [1.29, 1.82) is 0 Å². The van der Waals surface area contributed by atoms with E-state index < -0.39 is 16.6 Å². The molecule has 0 aromatic heterocycles. The molecule has 45 heavy (non-hydrogen) atoms. The van der Waals surface area contributed by atoms with Crippen LogP contribution in [-0.4, -0.2) is 53.6 Å². The number of thioether (sulfide) groups is 1. The molecule has 0 radical (unpaired) electrons. The first kappa shape index (κ1) is 42.1. The van der Waals surface area contributed by atoms with Crippen LogP contribution in [0.3, 0.4) is 0 Å². The molecule has 0 bridgehead atoms. The van der Waals surface area contributed by atoms with E-state index >= 15 is 0 Å². The maximum absolute atomic E-state index is 12.8. The summed E-state index contributed by atoms with van der Waals surface area (Å²) in [6, 6.07) is 0. The molecule has 0 saturated heterocycles. The Bertz CT molecular complexity index is 977. The van der Waals surface area contributed by atoms with Crippen LogP contribution in [0.2, 0.25) is 36.3 Å². The molecule has 1 rings (SSSR count). The van der Waals surface area contributed by atoms with E-state index in [2.05, 4.69) is 86.8 Å². The van der Waals surface area contributed by atoms with Crippen LogP contribution in [0.15, 0.2) is 22.8 Å². The molecule has 1 aliphatic rings. The molecule has 6 nitrogen and oxygen atoms in total. The molecular formula is C36H68O6SSi2. The predicted molar refractivity (Wildman–Crippen MR) is 196 cm³/mol. The van der Waals surface area contributed by atoms with Crippen LogP contribution in [0.5, 0.6) is 0 Å². The zero-order valence-electron chi connectivity index (χ0n) is 31.2. The molecule has 262 valence electrons. The first-order valence-corrected chi connectivity index (χ1v) is 24.3. The van der Waals surface area contributed by atoms with Gasteiger partial charge >= 0.3 is 11.9 Å². The van der Waals surface area contributed by atoms with Crippen molar-refractivity contribution >= 4 is 40.3 Å². The molecular weight excluding hydrogens is 617 g/mol. The van der Waals surface area contributed by atoms with Gasteiger partial charge in [0, 0.05) is 30.1 Å². The summed E-state index contributed by atoms with van der Waals surface area (Å²) in [6.45, 7) is 27.2. The van der Waals surface area contributed by atoms with Gasteiger partial charge in [0.05, 0.1) is 19.3 Å². The molecule has 9 heteroatoms. The average molecular weight is 685 g/mol. The van der Waals surface area contributed by atoms with E-state index in [-0.39, 0.29) is 40.1 Å². The third-order valence-electron chi connectivity index (χ3n) is 9.70. The predicted octanol–water partition coefficient (Wildman–Crippen LogP) is 10.9. The first-order chi connectivity index (χ1) is 20.8. The lowest BCUT2D eigenvalue weighted by Gasteiger charge is -2.40. The molecule has 0 amide bonds. The Morgan fingerprint density at radius 2 is 1.51 bits per heavy atom. The second kappa shape index (κ2) is 19.2. The summed E-state index contributed by atoms with van der Waals surface area (Å²) in [6.07, 6.45) is 14.0. The fourth-order valence-electron chi connectivity index (χ4n) is 4.73. The third-order valence-corrected chi connectivity index (χ3v) is 20.0. The Kier molecular flexibility index (Phi) is 18.0. The minimum absolute atomic E-state index is 0.000288. The van der Waals surface area contributed by atoms with Crippen molar-refractivity contribution in [3.05, 3.63) is 22.8 Å². The zero-order valence-corrected chi connectivity index (χ0v) is 34.0. The summed E-state index contributed by atoms with van der Waals surface area (Å²) in [5, 5.41) is 0.185. The lowest BCUT2D eigenvalue weighted by Crippen LogP contribution is -2.45. The summed E-state index contributed by atoms with van der Waals surface area (Å²) >= 11 is 1.79. The Morgan fingerprint density at radius 1 is 0.867 bits per heavy atom. The van der Waals surface area contributed by atoms with Crippen molar-refractivity contribution in [2.45, 2.75) is 174 Å². The van der Waals surface area contributed by atoms with E-state index in [1.54, 1.807) is 11.8 Å². The highest BCUT2D eigenvalue weighted by atomic mass is 32.2. The average Bonchev–Trinajstić information content (AvgIpc) is 3.21. The standard InChI is InChI=1S/C36H68O6SSi2/c1-14-16-18-22-28(41-44(10,11)35(3,4)5)24-25-29-30(42-45(12,13)36(6,7)8)27-31(40-33(38)21-15-2)34(29)43-26-20-17-19-23-32(37)39-9/h24-25,28-30H,14-23,26-27H2,1-13H3/t28-,29-,30+/m0/s1. The Balaban J connectivity index is 3.46. The van der Waals surface area contributed by atoms with Crippen molar-refractivity contribution in [2.24, 2.45) is 5.92 Å². The minimum Gasteiger partial charge on any atom is -0.469 e. The SMILES string of the molecule is CCCCC[C@@H](C=C[C@@H]1C(SCCCCCC(=O)OC)=C(OC(=O)CCC)C[C@H]1O[Si](C)(C)C(C)(C)C)O[Si](C)(C)C(C)(C)C. The van der Waals surface area contributed by atoms with Crippen molar-refractivity contribution in [3.8, 4) is 0 Å². The summed E-state index contributed by atoms with van der Waals surface area (Å²) in [5.41, 5.74) is 0. The van der Waals surface area contributed by atoms with Crippen LogP contribution in [0.1, 0.15) is 126 Å². The van der Waals surface area contributed by atoms with E-state index in [0.717, 1.165) is 54.9 Å². The van der Waals surface area contributed by atoms with Gasteiger partial charge in [-0.15, -0.1) is 11.8 Å². The van der Waals surface area contributed by atoms with Gasteiger partial charge in [-0.1, -0.05) is 93.2 Å². The van der Waals surface area contributed by atoms with Gasteiger partial charge in [0.25, 0.3) is 0 Å². The second-order valence-electron chi connectivity index (χ2n) is 15.7. The van der Waals surface area contributed by atoms with Crippen LogP contribution in [0.25, 0.3) is 0 Å². The van der Waals surface area contributed by atoms with Gasteiger partial charge in [-0.2, -0.15) is 0 Å². The molecule has 0 fully saturated rings. The number of unbranched alkanes of at least 4 members (excludes halogenated alkanes) is 4. The van der Waals surface area contributed by atoms with E-state index in [4.69, 9.17) is 18.3 Å². The number of ether oxygens (including phenoxy) is 2. The molecule has 0 aromatic rings. The Labute approximate surface area is 283 Å². The van der Waals surface area contributed by atoms with Crippen LogP contribution >= 0.6 is 11.8 Å². The highest BCUT2D eigenvalue weighted by Crippen LogP contribution is 2.47. The number of hydrogen-bond donors (Lipinski definition) is 0. The van der Waals surface area contributed by atoms with Crippen LogP contribution in [-0.2, 0) is 27.9 Å². The van der Waals surface area contributed by atoms with E-state index in [9.17, 15) is 9.59 Å². The molecule has 3 atom stereocenters. The molecule has 0 aromatic carbocycles. The van der Waals surface area contributed by atoms with E-state index in [1.165, 1.54) is 20.0 Å². The molecule has 0 heterocycles. The maximum atomic E-state index is 12.8. The number of methoxy groups -OCH3 is 1. The second-order valence-corrected chi connectivity index (χ2v) is 26.3. The van der Waals surface area contributed by atoms with Gasteiger partial charge in [0.2, 0.25) is 0 Å². The maximum Gasteiger partial charge on any atom is 0.310 e.